The van der Waals surface area contributed by atoms with E-state index in [1.807, 2.05) is 38.1 Å². The number of carbonyl (C=O) groups excluding carboxylic acids is 1. The Morgan fingerprint density at radius 1 is 1.22 bits per heavy atom. The lowest BCUT2D eigenvalue weighted by Crippen LogP contribution is -2.30. The minimum Gasteiger partial charge on any atom is -0.328 e. The van der Waals surface area contributed by atoms with Gasteiger partial charge in [-0.1, -0.05) is 17.3 Å². The monoisotopic (exact) mass is 308 g/mol. The van der Waals surface area contributed by atoms with E-state index in [0.29, 0.717) is 12.4 Å². The molecular formula is C17H16N4O2. The fourth-order valence-corrected chi connectivity index (χ4v) is 2.28. The molecular weight excluding hydrogens is 292 g/mol. The topological polar surface area (TPSA) is 72.1 Å². The number of pyridine rings is 1. The van der Waals surface area contributed by atoms with Crippen molar-refractivity contribution in [2.75, 3.05) is 11.4 Å². The van der Waals surface area contributed by atoms with Crippen molar-refractivity contribution >= 4 is 11.6 Å². The summed E-state index contributed by atoms with van der Waals surface area (Å²) in [5, 5.41) is 3.87. The van der Waals surface area contributed by atoms with Gasteiger partial charge in [0.05, 0.1) is 0 Å². The number of amides is 1. The molecule has 0 saturated heterocycles. The molecule has 0 atom stereocenters. The molecule has 0 aliphatic heterocycles. The third-order valence-electron chi connectivity index (χ3n) is 3.42. The Bertz CT molecular complexity index is 814. The van der Waals surface area contributed by atoms with Crippen LogP contribution in [-0.2, 0) is 0 Å². The largest absolute Gasteiger partial charge is 0.328 e. The first kappa shape index (κ1) is 14.9. The van der Waals surface area contributed by atoms with Crippen molar-refractivity contribution in [1.82, 2.24) is 15.1 Å². The van der Waals surface area contributed by atoms with Crippen LogP contribution in [0.4, 0.5) is 5.69 Å². The Kier molecular flexibility index (Phi) is 4.14. The van der Waals surface area contributed by atoms with Gasteiger partial charge in [-0.2, -0.15) is 4.98 Å². The Hall–Kier alpha value is -3.02. The maximum atomic E-state index is 12.6. The second-order valence-corrected chi connectivity index (χ2v) is 5.05. The normalized spacial score (nSPS) is 10.5. The zero-order valence-corrected chi connectivity index (χ0v) is 12.9. The van der Waals surface area contributed by atoms with Crippen LogP contribution in [0, 0.1) is 6.92 Å². The molecule has 2 aromatic heterocycles. The maximum absolute atomic E-state index is 12.6. The number of carbonyl (C=O) groups is 1. The number of benzene rings is 1. The predicted octanol–water partition coefficient (Wildman–Crippen LogP) is 3.11. The lowest BCUT2D eigenvalue weighted by Gasteiger charge is -2.19. The van der Waals surface area contributed by atoms with Crippen LogP contribution in [0.25, 0.3) is 11.4 Å². The van der Waals surface area contributed by atoms with Gasteiger partial charge in [0.25, 0.3) is 0 Å². The lowest BCUT2D eigenvalue weighted by molar-refractivity contribution is 0.0946. The fraction of sp³-hybridized carbons (Fsp3) is 0.176. The van der Waals surface area contributed by atoms with Gasteiger partial charge in [-0.15, -0.1) is 0 Å². The van der Waals surface area contributed by atoms with Crippen molar-refractivity contribution in [2.24, 2.45) is 0 Å². The highest BCUT2D eigenvalue weighted by molar-refractivity contribution is 6.03. The van der Waals surface area contributed by atoms with Crippen molar-refractivity contribution in [2.45, 2.75) is 13.8 Å². The lowest BCUT2D eigenvalue weighted by atomic mass is 10.2. The van der Waals surface area contributed by atoms with Gasteiger partial charge in [-0.25, -0.2) is 0 Å². The minimum absolute atomic E-state index is 0.0276. The van der Waals surface area contributed by atoms with Crippen molar-refractivity contribution in [1.29, 1.82) is 0 Å². The molecule has 6 heteroatoms. The molecule has 1 aromatic carbocycles. The standard InChI is InChI=1S/C17H16N4O2/c1-3-21(14-6-4-5-12(2)11-14)17(22)16-19-15(20-23-16)13-7-9-18-10-8-13/h4-11H,3H2,1-2H3. The highest BCUT2D eigenvalue weighted by Gasteiger charge is 2.23. The Balaban J connectivity index is 1.89. The number of aromatic nitrogens is 3. The summed E-state index contributed by atoms with van der Waals surface area (Å²) in [6.07, 6.45) is 3.27. The molecule has 2 heterocycles. The van der Waals surface area contributed by atoms with E-state index >= 15 is 0 Å². The Morgan fingerprint density at radius 2 is 2.00 bits per heavy atom. The molecule has 116 valence electrons. The summed E-state index contributed by atoms with van der Waals surface area (Å²) >= 11 is 0. The summed E-state index contributed by atoms with van der Waals surface area (Å²) in [6.45, 7) is 4.39. The van der Waals surface area contributed by atoms with Crippen LogP contribution in [0.5, 0.6) is 0 Å². The number of hydrogen-bond donors (Lipinski definition) is 0. The molecule has 0 bridgehead atoms. The van der Waals surface area contributed by atoms with Crippen molar-refractivity contribution < 1.29 is 9.32 Å². The van der Waals surface area contributed by atoms with Crippen LogP contribution in [0.15, 0.2) is 53.3 Å². The van der Waals surface area contributed by atoms with Gasteiger partial charge in [-0.05, 0) is 43.7 Å². The third-order valence-corrected chi connectivity index (χ3v) is 3.42. The molecule has 0 unspecified atom stereocenters. The first-order chi connectivity index (χ1) is 11.2. The predicted molar refractivity (Wildman–Crippen MR) is 86.1 cm³/mol. The summed E-state index contributed by atoms with van der Waals surface area (Å²) in [7, 11) is 0. The number of rotatable bonds is 4. The second kappa shape index (κ2) is 6.39. The Labute approximate surface area is 133 Å². The minimum atomic E-state index is -0.314. The number of anilines is 1. The fourth-order valence-electron chi connectivity index (χ4n) is 2.28. The first-order valence-corrected chi connectivity index (χ1v) is 7.31. The van der Waals surface area contributed by atoms with E-state index in [9.17, 15) is 4.79 Å². The van der Waals surface area contributed by atoms with Crippen molar-refractivity contribution in [3.63, 3.8) is 0 Å². The van der Waals surface area contributed by atoms with Crippen LogP contribution in [0.3, 0.4) is 0 Å². The number of aryl methyl sites for hydroxylation is 1. The molecule has 23 heavy (non-hydrogen) atoms. The van der Waals surface area contributed by atoms with Crippen molar-refractivity contribution in [3.8, 4) is 11.4 Å². The van der Waals surface area contributed by atoms with Crippen LogP contribution in [0.2, 0.25) is 0 Å². The molecule has 0 fully saturated rings. The summed E-state index contributed by atoms with van der Waals surface area (Å²) in [6, 6.07) is 11.2. The van der Waals surface area contributed by atoms with Gasteiger partial charge in [-0.3, -0.25) is 9.78 Å². The third kappa shape index (κ3) is 3.11. The molecule has 0 aliphatic rings. The van der Waals surface area contributed by atoms with E-state index < -0.39 is 0 Å². The van der Waals surface area contributed by atoms with Crippen LogP contribution >= 0.6 is 0 Å². The van der Waals surface area contributed by atoms with E-state index in [1.165, 1.54) is 0 Å². The van der Waals surface area contributed by atoms with Crippen LogP contribution in [-0.4, -0.2) is 27.6 Å². The molecule has 0 saturated carbocycles. The molecule has 3 rings (SSSR count). The molecule has 0 aliphatic carbocycles. The molecule has 3 aromatic rings. The number of nitrogens with zero attached hydrogens (tertiary/aromatic N) is 4. The summed E-state index contributed by atoms with van der Waals surface area (Å²) in [5.41, 5.74) is 2.64. The zero-order chi connectivity index (χ0) is 16.2. The molecule has 1 amide bonds. The summed E-state index contributed by atoms with van der Waals surface area (Å²) in [5.74, 6) is 0.0297. The van der Waals surface area contributed by atoms with Crippen LogP contribution < -0.4 is 4.90 Å². The quantitative estimate of drug-likeness (QED) is 0.740. The van der Waals surface area contributed by atoms with Gasteiger partial charge in [0.15, 0.2) is 0 Å². The van der Waals surface area contributed by atoms with E-state index in [1.54, 1.807) is 29.4 Å². The highest BCUT2D eigenvalue weighted by atomic mass is 16.5. The van der Waals surface area contributed by atoms with Crippen molar-refractivity contribution in [3.05, 3.63) is 60.2 Å². The zero-order valence-electron chi connectivity index (χ0n) is 12.9. The second-order valence-electron chi connectivity index (χ2n) is 5.05. The molecule has 0 N–H and O–H groups in total. The van der Waals surface area contributed by atoms with Gasteiger partial charge < -0.3 is 9.42 Å². The van der Waals surface area contributed by atoms with Gasteiger partial charge in [0.1, 0.15) is 0 Å². The molecule has 0 radical (unpaired) electrons. The van der Waals surface area contributed by atoms with Crippen LogP contribution in [0.1, 0.15) is 23.2 Å². The van der Waals surface area contributed by atoms with Gasteiger partial charge in [0, 0.05) is 30.2 Å². The smallest absolute Gasteiger partial charge is 0.316 e. The average molecular weight is 308 g/mol. The van der Waals surface area contributed by atoms with E-state index in [4.69, 9.17) is 4.52 Å². The Morgan fingerprint density at radius 3 is 2.70 bits per heavy atom. The van der Waals surface area contributed by atoms with Gasteiger partial charge in [0.2, 0.25) is 5.82 Å². The molecule has 6 nitrogen and oxygen atoms in total. The number of hydrogen-bond acceptors (Lipinski definition) is 5. The first-order valence-electron chi connectivity index (χ1n) is 7.31. The molecule has 0 spiro atoms. The maximum Gasteiger partial charge on any atom is 0.316 e. The average Bonchev–Trinajstić information content (AvgIpc) is 3.06. The van der Waals surface area contributed by atoms with E-state index in [2.05, 4.69) is 15.1 Å². The summed E-state index contributed by atoms with van der Waals surface area (Å²) < 4.78 is 5.14. The summed E-state index contributed by atoms with van der Waals surface area (Å²) in [4.78, 5) is 22.4. The van der Waals surface area contributed by atoms with E-state index in [-0.39, 0.29) is 11.8 Å². The highest BCUT2D eigenvalue weighted by Crippen LogP contribution is 2.20. The SMILES string of the molecule is CCN(C(=O)c1nc(-c2ccncc2)no1)c1cccc(C)c1. The van der Waals surface area contributed by atoms with E-state index in [0.717, 1.165) is 16.8 Å². The van der Waals surface area contributed by atoms with Gasteiger partial charge >= 0.3 is 11.8 Å².